The van der Waals surface area contributed by atoms with Crippen LogP contribution in [0.5, 0.6) is 0 Å². The third-order valence-electron chi connectivity index (χ3n) is 7.31. The van der Waals surface area contributed by atoms with Crippen molar-refractivity contribution < 1.29 is 13.2 Å². The third-order valence-corrected chi connectivity index (χ3v) is 9.06. The predicted octanol–water partition coefficient (Wildman–Crippen LogP) is 5.53. The van der Waals surface area contributed by atoms with Gasteiger partial charge in [-0.15, -0.1) is 0 Å². The summed E-state index contributed by atoms with van der Waals surface area (Å²) in [6.07, 6.45) is 6.21. The Bertz CT molecular complexity index is 1330. The summed E-state index contributed by atoms with van der Waals surface area (Å²) in [4.78, 5) is 15.3. The lowest BCUT2D eigenvalue weighted by molar-refractivity contribution is -0.115. The van der Waals surface area contributed by atoms with E-state index in [9.17, 15) is 13.2 Å². The van der Waals surface area contributed by atoms with Crippen molar-refractivity contribution in [1.29, 1.82) is 0 Å². The molecule has 5 nitrogen and oxygen atoms in total. The molecule has 0 saturated heterocycles. The Labute approximate surface area is 214 Å². The predicted molar refractivity (Wildman–Crippen MR) is 146 cm³/mol. The molecule has 1 aliphatic carbocycles. The molecule has 0 aromatic heterocycles. The van der Waals surface area contributed by atoms with Gasteiger partial charge >= 0.3 is 0 Å². The summed E-state index contributed by atoms with van der Waals surface area (Å²) in [5.41, 5.74) is 7.21. The highest BCUT2D eigenvalue weighted by Crippen LogP contribution is 2.42. The quantitative estimate of drug-likeness (QED) is 0.418. The number of hydrogen-bond donors (Lipinski definition) is 1. The molecule has 3 aromatic carbocycles. The van der Waals surface area contributed by atoms with Crippen LogP contribution in [-0.2, 0) is 33.9 Å². The molecule has 0 unspecified atom stereocenters. The number of nitrogens with zero attached hydrogens (tertiary/aromatic N) is 1. The minimum absolute atomic E-state index is 0.0650. The molecule has 1 amide bonds. The first kappa shape index (κ1) is 24.6. The lowest BCUT2D eigenvalue weighted by atomic mass is 9.97. The van der Waals surface area contributed by atoms with E-state index in [0.29, 0.717) is 4.90 Å². The van der Waals surface area contributed by atoms with Crippen molar-refractivity contribution in [2.24, 2.45) is 0 Å². The number of carbonyl (C=O) groups excluding carboxylic acids is 1. The van der Waals surface area contributed by atoms with Gasteiger partial charge in [-0.2, -0.15) is 0 Å². The second-order valence-corrected chi connectivity index (χ2v) is 12.3. The summed E-state index contributed by atoms with van der Waals surface area (Å²) < 4.78 is 23.9. The number of carbonyl (C=O) groups is 1. The van der Waals surface area contributed by atoms with E-state index in [1.807, 2.05) is 12.1 Å². The number of benzene rings is 3. The highest BCUT2D eigenvalue weighted by atomic mass is 32.2. The van der Waals surface area contributed by atoms with Gasteiger partial charge in [-0.1, -0.05) is 43.3 Å². The van der Waals surface area contributed by atoms with Crippen molar-refractivity contribution >= 4 is 27.1 Å². The van der Waals surface area contributed by atoms with Crippen LogP contribution in [0.25, 0.3) is 0 Å². The second kappa shape index (κ2) is 10.5. The summed E-state index contributed by atoms with van der Waals surface area (Å²) in [6.45, 7) is 3.73. The third kappa shape index (κ3) is 5.81. The first-order valence-corrected chi connectivity index (χ1v) is 14.6. The largest absolute Gasteiger partial charge is 0.371 e. The molecule has 1 heterocycles. The molecule has 2 aliphatic rings. The van der Waals surface area contributed by atoms with Crippen molar-refractivity contribution in [3.05, 3.63) is 89.0 Å². The molecule has 5 rings (SSSR count). The van der Waals surface area contributed by atoms with E-state index in [2.05, 4.69) is 40.5 Å². The molecule has 0 atom stereocenters. The number of fused-ring (bicyclic) bond motifs is 1. The van der Waals surface area contributed by atoms with Crippen molar-refractivity contribution in [1.82, 2.24) is 0 Å². The summed E-state index contributed by atoms with van der Waals surface area (Å²) >= 11 is 0. The summed E-state index contributed by atoms with van der Waals surface area (Å²) in [7, 11) is -3.23. The van der Waals surface area contributed by atoms with Crippen molar-refractivity contribution in [2.75, 3.05) is 29.1 Å². The molecule has 1 saturated carbocycles. The minimum atomic E-state index is -3.23. The fourth-order valence-electron chi connectivity index (χ4n) is 4.96. The normalized spacial score (nSPS) is 15.4. The molecule has 0 bridgehead atoms. The van der Waals surface area contributed by atoms with E-state index in [0.717, 1.165) is 36.7 Å². The van der Waals surface area contributed by atoms with Gasteiger partial charge in [-0.05, 0) is 90.6 Å². The number of aryl methyl sites for hydroxylation is 1. The van der Waals surface area contributed by atoms with Crippen LogP contribution in [0.4, 0.5) is 11.4 Å². The van der Waals surface area contributed by atoms with Crippen molar-refractivity contribution in [3.8, 4) is 0 Å². The highest BCUT2D eigenvalue weighted by molar-refractivity contribution is 7.91. The van der Waals surface area contributed by atoms with Gasteiger partial charge in [0.15, 0.2) is 9.84 Å². The molecule has 1 N–H and O–H groups in total. The van der Waals surface area contributed by atoms with Gasteiger partial charge in [0.1, 0.15) is 0 Å². The smallest absolute Gasteiger partial charge is 0.228 e. The molecular formula is C30H34N2O3S. The Morgan fingerprint density at radius 3 is 2.39 bits per heavy atom. The van der Waals surface area contributed by atoms with Crippen LogP contribution in [0.15, 0.2) is 71.6 Å². The zero-order valence-electron chi connectivity index (χ0n) is 20.9. The highest BCUT2D eigenvalue weighted by Gasteiger charge is 2.26. The molecule has 3 aromatic rings. The standard InChI is InChI=1S/C30H34N2O3S/c1-2-36(34,35)28-15-7-23(8-16-28)20-30(33)31-27-13-5-22(6-14-27)17-19-32-18-3-4-25-11-12-26(21-29(25)32)24-9-10-24/h5-8,11-16,21,24H,2-4,9-10,17-20H2,1H3,(H,31,33). The number of rotatable bonds is 9. The fourth-order valence-corrected chi connectivity index (χ4v) is 5.85. The fraction of sp³-hybridized carbons (Fsp3) is 0.367. The van der Waals surface area contributed by atoms with Crippen LogP contribution < -0.4 is 10.2 Å². The number of amides is 1. The van der Waals surface area contributed by atoms with Crippen LogP contribution in [-0.4, -0.2) is 33.2 Å². The van der Waals surface area contributed by atoms with E-state index >= 15 is 0 Å². The van der Waals surface area contributed by atoms with Crippen LogP contribution in [0.3, 0.4) is 0 Å². The van der Waals surface area contributed by atoms with Gasteiger partial charge in [0.05, 0.1) is 17.1 Å². The molecule has 0 spiro atoms. The van der Waals surface area contributed by atoms with Gasteiger partial charge in [0.2, 0.25) is 5.91 Å². The van der Waals surface area contributed by atoms with Crippen LogP contribution >= 0.6 is 0 Å². The lowest BCUT2D eigenvalue weighted by Gasteiger charge is -2.32. The van der Waals surface area contributed by atoms with E-state index in [1.54, 1.807) is 31.2 Å². The summed E-state index contributed by atoms with van der Waals surface area (Å²) in [6, 6.07) is 21.8. The number of hydrogen-bond acceptors (Lipinski definition) is 4. The van der Waals surface area contributed by atoms with Gasteiger partial charge in [-0.25, -0.2) is 8.42 Å². The summed E-state index contributed by atoms with van der Waals surface area (Å²) in [5, 5.41) is 2.95. The molecular weight excluding hydrogens is 468 g/mol. The first-order valence-electron chi connectivity index (χ1n) is 13.0. The monoisotopic (exact) mass is 502 g/mol. The molecule has 1 aliphatic heterocycles. The van der Waals surface area contributed by atoms with Crippen LogP contribution in [0, 0.1) is 0 Å². The molecule has 6 heteroatoms. The van der Waals surface area contributed by atoms with Crippen LogP contribution in [0.2, 0.25) is 0 Å². The van der Waals surface area contributed by atoms with Gasteiger partial charge in [0.25, 0.3) is 0 Å². The Kier molecular flexibility index (Phi) is 7.15. The number of anilines is 2. The second-order valence-electron chi connectivity index (χ2n) is 9.97. The Balaban J connectivity index is 1.14. The van der Waals surface area contributed by atoms with E-state index in [1.165, 1.54) is 48.1 Å². The zero-order chi connectivity index (χ0) is 25.1. The molecule has 1 fully saturated rings. The molecule has 36 heavy (non-hydrogen) atoms. The first-order chi connectivity index (χ1) is 17.4. The van der Waals surface area contributed by atoms with E-state index in [-0.39, 0.29) is 18.1 Å². The van der Waals surface area contributed by atoms with Gasteiger partial charge in [-0.3, -0.25) is 4.79 Å². The Hall–Kier alpha value is -3.12. The maximum Gasteiger partial charge on any atom is 0.228 e. The lowest BCUT2D eigenvalue weighted by Crippen LogP contribution is -2.31. The SMILES string of the molecule is CCS(=O)(=O)c1ccc(CC(=O)Nc2ccc(CCN3CCCc4ccc(C5CC5)cc43)cc2)cc1. The van der Waals surface area contributed by atoms with Gasteiger partial charge in [0, 0.05) is 24.5 Å². The number of nitrogens with one attached hydrogen (secondary N) is 1. The topological polar surface area (TPSA) is 66.5 Å². The maximum atomic E-state index is 12.5. The average molecular weight is 503 g/mol. The zero-order valence-corrected chi connectivity index (χ0v) is 21.7. The molecule has 188 valence electrons. The average Bonchev–Trinajstić information content (AvgIpc) is 3.74. The van der Waals surface area contributed by atoms with Crippen molar-refractivity contribution in [3.63, 3.8) is 0 Å². The molecule has 0 radical (unpaired) electrons. The van der Waals surface area contributed by atoms with Crippen molar-refractivity contribution in [2.45, 2.75) is 56.3 Å². The number of sulfone groups is 1. The Morgan fingerprint density at radius 2 is 1.69 bits per heavy atom. The minimum Gasteiger partial charge on any atom is -0.371 e. The van der Waals surface area contributed by atoms with E-state index in [4.69, 9.17) is 0 Å². The van der Waals surface area contributed by atoms with Gasteiger partial charge < -0.3 is 10.2 Å². The van der Waals surface area contributed by atoms with E-state index < -0.39 is 9.84 Å². The maximum absolute atomic E-state index is 12.5. The summed E-state index contributed by atoms with van der Waals surface area (Å²) in [5.74, 6) is 0.721. The van der Waals surface area contributed by atoms with Crippen LogP contribution in [0.1, 0.15) is 54.4 Å². The Morgan fingerprint density at radius 1 is 0.972 bits per heavy atom.